The molecule has 0 saturated carbocycles. The summed E-state index contributed by atoms with van der Waals surface area (Å²) in [5.41, 5.74) is 1.74. The Morgan fingerprint density at radius 3 is 2.76 bits per heavy atom. The maximum absolute atomic E-state index is 12.1. The van der Waals surface area contributed by atoms with Gasteiger partial charge in [0.2, 0.25) is 0 Å². The number of hydrogen-bond acceptors (Lipinski definition) is 5. The molecule has 0 fully saturated rings. The summed E-state index contributed by atoms with van der Waals surface area (Å²) in [4.78, 5) is 15.0. The lowest BCUT2D eigenvalue weighted by Gasteiger charge is -2.19. The molecule has 0 saturated heterocycles. The highest BCUT2D eigenvalue weighted by atomic mass is 127. The van der Waals surface area contributed by atoms with Gasteiger partial charge < -0.3 is 20.1 Å². The number of halogens is 1. The van der Waals surface area contributed by atoms with Crippen molar-refractivity contribution in [2.75, 3.05) is 0 Å². The largest absolute Gasteiger partial charge is 0.494 e. The van der Waals surface area contributed by atoms with Gasteiger partial charge >= 0.3 is 6.09 Å². The van der Waals surface area contributed by atoms with E-state index in [4.69, 9.17) is 4.74 Å². The van der Waals surface area contributed by atoms with Crippen LogP contribution in [0.2, 0.25) is 0 Å². The second kappa shape index (κ2) is 7.18. The topological polar surface area (TPSA) is 99.1 Å². The van der Waals surface area contributed by atoms with E-state index in [2.05, 4.69) is 43.1 Å². The summed E-state index contributed by atoms with van der Waals surface area (Å²) in [7, 11) is 0. The summed E-state index contributed by atoms with van der Waals surface area (Å²) in [6.45, 7) is 5.64. The lowest BCUT2D eigenvalue weighted by atomic mass is 10.1. The molecule has 2 aromatic carbocycles. The molecule has 1 aliphatic heterocycles. The van der Waals surface area contributed by atoms with Gasteiger partial charge in [0.15, 0.2) is 5.88 Å². The number of H-pyrrole nitrogens is 1. The Labute approximate surface area is 180 Å². The molecule has 3 N–H and O–H groups in total. The molecule has 148 valence electrons. The first-order chi connectivity index (χ1) is 13.7. The smallest absolute Gasteiger partial charge is 0.413 e. The Morgan fingerprint density at radius 2 is 2.00 bits per heavy atom. The van der Waals surface area contributed by atoms with Crippen molar-refractivity contribution in [1.82, 2.24) is 10.3 Å². The number of aromatic nitrogens is 1. The molecular formula is C21H19IN4O3. The van der Waals surface area contributed by atoms with E-state index in [1.807, 2.05) is 45.0 Å². The molecular weight excluding hydrogens is 483 g/mol. The first kappa shape index (κ1) is 19.4. The van der Waals surface area contributed by atoms with Crippen molar-refractivity contribution in [3.8, 4) is 11.6 Å². The summed E-state index contributed by atoms with van der Waals surface area (Å²) in [6, 6.07) is 11.0. The lowest BCUT2D eigenvalue weighted by molar-refractivity contribution is 0.190. The minimum atomic E-state index is -0.531. The van der Waals surface area contributed by atoms with Crippen LogP contribution >= 0.6 is 22.6 Å². The normalized spacial score (nSPS) is 13.8. The van der Waals surface area contributed by atoms with E-state index in [-0.39, 0.29) is 5.88 Å². The highest BCUT2D eigenvalue weighted by Gasteiger charge is 2.16. The number of ether oxygens (including phenoxy) is 1. The molecule has 0 spiro atoms. The zero-order valence-corrected chi connectivity index (χ0v) is 18.2. The molecule has 8 heteroatoms. The summed E-state index contributed by atoms with van der Waals surface area (Å²) in [6.07, 6.45) is 1.32. The summed E-state index contributed by atoms with van der Waals surface area (Å²) >= 11 is 2.15. The van der Waals surface area contributed by atoms with Gasteiger partial charge in [-0.2, -0.15) is 0 Å². The number of carbonyl (C=O) groups is 1. The third-order valence-electron chi connectivity index (χ3n) is 4.28. The van der Waals surface area contributed by atoms with Gasteiger partial charge in [0.25, 0.3) is 0 Å². The van der Waals surface area contributed by atoms with Crippen LogP contribution in [0.1, 0.15) is 26.3 Å². The second-order valence-corrected chi connectivity index (χ2v) is 8.79. The molecule has 4 rings (SSSR count). The van der Waals surface area contributed by atoms with E-state index in [0.717, 1.165) is 30.7 Å². The molecule has 29 heavy (non-hydrogen) atoms. The molecule has 0 atom stereocenters. The Morgan fingerprint density at radius 1 is 1.21 bits per heavy atom. The Bertz CT molecular complexity index is 1290. The first-order valence-electron chi connectivity index (χ1n) is 8.98. The predicted octanol–water partition coefficient (Wildman–Crippen LogP) is 4.19. The van der Waals surface area contributed by atoms with Gasteiger partial charge in [-0.15, -0.1) is 10.2 Å². The van der Waals surface area contributed by atoms with Crippen LogP contribution in [0, 0.1) is 0 Å². The van der Waals surface area contributed by atoms with Crippen LogP contribution in [0.5, 0.6) is 11.6 Å². The molecule has 3 aromatic rings. The summed E-state index contributed by atoms with van der Waals surface area (Å²) < 4.78 is 6.25. The first-order valence-corrected chi connectivity index (χ1v) is 10.1. The Kier molecular flexibility index (Phi) is 4.81. The number of aromatic hydroxyl groups is 1. The molecule has 7 nitrogen and oxygen atoms in total. The van der Waals surface area contributed by atoms with Crippen LogP contribution in [0.25, 0.3) is 20.7 Å². The summed E-state index contributed by atoms with van der Waals surface area (Å²) in [5, 5.41) is 24.0. The highest BCUT2D eigenvalue weighted by molar-refractivity contribution is 14.1. The number of rotatable bonds is 2. The lowest BCUT2D eigenvalue weighted by Crippen LogP contribution is -2.42. The number of carbonyl (C=O) groups excluding carboxylic acids is 1. The fourth-order valence-corrected chi connectivity index (χ4v) is 3.60. The number of fused-ring (bicyclic) bond motifs is 2. The average molecular weight is 502 g/mol. The predicted molar refractivity (Wildman–Crippen MR) is 120 cm³/mol. The molecule has 1 aliphatic rings. The molecule has 1 aromatic heterocycles. The van der Waals surface area contributed by atoms with Gasteiger partial charge in [-0.05, 0) is 85.0 Å². The molecule has 0 unspecified atom stereocenters. The third kappa shape index (κ3) is 4.12. The van der Waals surface area contributed by atoms with Crippen LogP contribution in [-0.4, -0.2) is 21.7 Å². The van der Waals surface area contributed by atoms with Crippen molar-refractivity contribution in [2.24, 2.45) is 10.2 Å². The van der Waals surface area contributed by atoms with Crippen molar-refractivity contribution >= 4 is 55.1 Å². The fraction of sp³-hybridized carbons (Fsp3) is 0.190. The minimum Gasteiger partial charge on any atom is -0.494 e. The summed E-state index contributed by atoms with van der Waals surface area (Å²) in [5.74, 6) is 0.430. The van der Waals surface area contributed by atoms with E-state index in [0.29, 0.717) is 11.3 Å². The number of aromatic amines is 1. The van der Waals surface area contributed by atoms with Gasteiger partial charge in [0, 0.05) is 27.2 Å². The number of nitrogens with one attached hydrogen (secondary N) is 2. The molecule has 0 bridgehead atoms. The Balaban J connectivity index is 1.73. The number of benzene rings is 2. The van der Waals surface area contributed by atoms with Crippen molar-refractivity contribution in [2.45, 2.75) is 26.3 Å². The number of hydrogen-bond donors (Lipinski definition) is 3. The van der Waals surface area contributed by atoms with E-state index in [1.54, 1.807) is 18.2 Å². The second-order valence-electron chi connectivity index (χ2n) is 7.77. The van der Waals surface area contributed by atoms with E-state index >= 15 is 0 Å². The zero-order chi connectivity index (χ0) is 20.8. The molecule has 0 aliphatic carbocycles. The van der Waals surface area contributed by atoms with Gasteiger partial charge in [-0.25, -0.2) is 4.79 Å². The quantitative estimate of drug-likeness (QED) is 0.362. The number of nitrogens with zero attached hydrogens (tertiary/aromatic N) is 2. The van der Waals surface area contributed by atoms with Crippen LogP contribution in [0.4, 0.5) is 10.5 Å². The maximum atomic E-state index is 12.1. The monoisotopic (exact) mass is 502 g/mol. The van der Waals surface area contributed by atoms with Crippen LogP contribution in [-0.2, 0) is 0 Å². The minimum absolute atomic E-state index is 0.0413. The standard InChI is InChI=1S/C21H19IN4O3/c1-21(2,3)24-20(28)29-12-5-7-16-14(10-12)15(19(27)23-16)8-11-4-6-13-17(9-11)25-26-18(13)22/h4-10,23,27H,1-3H3,(H,24,28). The van der Waals surface area contributed by atoms with Gasteiger partial charge in [-0.1, -0.05) is 6.07 Å². The molecule has 2 heterocycles. The number of azo groups is 1. The average Bonchev–Trinajstić information content (AvgIpc) is 3.14. The van der Waals surface area contributed by atoms with Crippen molar-refractivity contribution < 1.29 is 14.6 Å². The Hall–Kier alpha value is -2.88. The van der Waals surface area contributed by atoms with Crippen LogP contribution < -0.4 is 20.5 Å². The SMILES string of the molecule is CC(C)(C)NC(=O)Oc1ccc2[nH]c(O)c(C=c3ccc4c(c3)N=NC=4I)c2c1. The van der Waals surface area contributed by atoms with Gasteiger partial charge in [0.05, 0.1) is 5.69 Å². The maximum Gasteiger partial charge on any atom is 0.413 e. The zero-order valence-electron chi connectivity index (χ0n) is 16.1. The van der Waals surface area contributed by atoms with E-state index < -0.39 is 11.6 Å². The van der Waals surface area contributed by atoms with Gasteiger partial charge in [-0.3, -0.25) is 0 Å². The number of amides is 1. The van der Waals surface area contributed by atoms with Crippen molar-refractivity contribution in [3.05, 3.63) is 52.4 Å². The van der Waals surface area contributed by atoms with E-state index in [1.165, 1.54) is 0 Å². The van der Waals surface area contributed by atoms with Crippen LogP contribution in [0.15, 0.2) is 46.6 Å². The highest BCUT2D eigenvalue weighted by Crippen LogP contribution is 2.31. The molecule has 1 amide bonds. The fourth-order valence-electron chi connectivity index (χ4n) is 3.04. The van der Waals surface area contributed by atoms with Crippen molar-refractivity contribution in [3.63, 3.8) is 0 Å². The van der Waals surface area contributed by atoms with Crippen molar-refractivity contribution in [1.29, 1.82) is 0 Å². The van der Waals surface area contributed by atoms with Crippen LogP contribution in [0.3, 0.4) is 0 Å². The van der Waals surface area contributed by atoms with E-state index in [9.17, 15) is 9.90 Å². The third-order valence-corrected chi connectivity index (χ3v) is 5.07. The molecule has 0 radical (unpaired) electrons. The van der Waals surface area contributed by atoms with Gasteiger partial charge in [0.1, 0.15) is 9.45 Å².